The van der Waals surface area contributed by atoms with E-state index >= 15 is 0 Å². The van der Waals surface area contributed by atoms with Crippen LogP contribution in [0.3, 0.4) is 0 Å². The van der Waals surface area contributed by atoms with Gasteiger partial charge in [-0.2, -0.15) is 0 Å². The van der Waals surface area contributed by atoms with E-state index in [0.29, 0.717) is 29.1 Å². The van der Waals surface area contributed by atoms with E-state index in [1.165, 1.54) is 0 Å². The third-order valence-electron chi connectivity index (χ3n) is 5.23. The lowest BCUT2D eigenvalue weighted by atomic mass is 9.87. The van der Waals surface area contributed by atoms with Gasteiger partial charge in [0.15, 0.2) is 6.61 Å². The number of hydrogen-bond acceptors (Lipinski definition) is 5. The predicted octanol–water partition coefficient (Wildman–Crippen LogP) is 3.24. The number of aliphatic carboxylic acids is 1. The normalized spacial score (nSPS) is 17.9. The van der Waals surface area contributed by atoms with Gasteiger partial charge in [0.25, 0.3) is 0 Å². The molecule has 1 aliphatic heterocycles. The number of ether oxygens (including phenoxy) is 2. The van der Waals surface area contributed by atoms with Crippen molar-refractivity contribution in [2.75, 3.05) is 6.61 Å². The van der Waals surface area contributed by atoms with Crippen LogP contribution in [0, 0.1) is 0 Å². The minimum atomic E-state index is -1.05. The lowest BCUT2D eigenvalue weighted by Gasteiger charge is -2.33. The molecule has 26 heavy (non-hydrogen) atoms. The summed E-state index contributed by atoms with van der Waals surface area (Å²) < 4.78 is 17.4. The molecule has 4 rings (SSSR count). The summed E-state index contributed by atoms with van der Waals surface area (Å²) in [5.41, 5.74) is 2.36. The second-order valence-electron chi connectivity index (χ2n) is 7.65. The Hall–Kier alpha value is -2.50. The van der Waals surface area contributed by atoms with Crippen LogP contribution < -0.4 is 15.1 Å². The van der Waals surface area contributed by atoms with Crippen molar-refractivity contribution >= 4 is 16.9 Å². The minimum absolute atomic E-state index is 0.297. The van der Waals surface area contributed by atoms with Crippen molar-refractivity contribution in [2.24, 2.45) is 0 Å². The average molecular weight is 358 g/mol. The summed E-state index contributed by atoms with van der Waals surface area (Å²) in [5.74, 6) is -0.0304. The van der Waals surface area contributed by atoms with E-state index in [1.54, 1.807) is 6.07 Å². The Balaban J connectivity index is 2.00. The molecule has 2 heterocycles. The summed E-state index contributed by atoms with van der Waals surface area (Å²) in [4.78, 5) is 23.5. The fourth-order valence-corrected chi connectivity index (χ4v) is 3.97. The Kier molecular flexibility index (Phi) is 3.93. The topological polar surface area (TPSA) is 86.0 Å². The zero-order valence-electron chi connectivity index (χ0n) is 15.0. The van der Waals surface area contributed by atoms with Crippen LogP contribution in [0.4, 0.5) is 0 Å². The first-order chi connectivity index (χ1) is 12.4. The van der Waals surface area contributed by atoms with Crippen molar-refractivity contribution in [2.45, 2.75) is 58.0 Å². The monoisotopic (exact) mass is 358 g/mol. The smallest absolute Gasteiger partial charge is 0.341 e. The highest BCUT2D eigenvalue weighted by Crippen LogP contribution is 2.44. The Labute approximate surface area is 150 Å². The molecule has 1 N–H and O–H groups in total. The Morgan fingerprint density at radius 3 is 2.65 bits per heavy atom. The standard InChI is InChI=1S/C20H22O6/c1-20(2)8-7-13-14(26-20)9-15(24-10-16(21)22)17-11-5-3-4-6-12(11)19(23)25-18(13)17/h9H,3-8,10H2,1-2H3,(H,21,22). The SMILES string of the molecule is CC1(C)CCc2c(cc(OCC(=O)O)c3c4c(c(=O)oc23)CCCC4)O1. The Morgan fingerprint density at radius 1 is 1.19 bits per heavy atom. The van der Waals surface area contributed by atoms with E-state index in [2.05, 4.69) is 0 Å². The van der Waals surface area contributed by atoms with E-state index in [1.807, 2.05) is 13.8 Å². The quantitative estimate of drug-likeness (QED) is 0.848. The molecule has 0 saturated heterocycles. The fourth-order valence-electron chi connectivity index (χ4n) is 3.97. The van der Waals surface area contributed by atoms with Gasteiger partial charge in [-0.15, -0.1) is 0 Å². The first-order valence-electron chi connectivity index (χ1n) is 9.04. The maximum absolute atomic E-state index is 12.5. The van der Waals surface area contributed by atoms with Gasteiger partial charge in [-0.1, -0.05) is 0 Å². The largest absolute Gasteiger partial charge is 0.487 e. The van der Waals surface area contributed by atoms with Crippen molar-refractivity contribution in [1.82, 2.24) is 0 Å². The molecule has 1 aromatic heterocycles. The molecule has 2 aliphatic rings. The van der Waals surface area contributed by atoms with Gasteiger partial charge in [-0.3, -0.25) is 0 Å². The maximum Gasteiger partial charge on any atom is 0.341 e. The molecule has 138 valence electrons. The molecule has 6 heteroatoms. The van der Waals surface area contributed by atoms with Gasteiger partial charge in [-0.25, -0.2) is 9.59 Å². The van der Waals surface area contributed by atoms with Crippen molar-refractivity contribution in [3.8, 4) is 11.5 Å². The lowest BCUT2D eigenvalue weighted by Crippen LogP contribution is -2.33. The van der Waals surface area contributed by atoms with Crippen LogP contribution in [0.1, 0.15) is 49.8 Å². The molecule has 0 amide bonds. The highest BCUT2D eigenvalue weighted by molar-refractivity contribution is 5.92. The highest BCUT2D eigenvalue weighted by atomic mass is 16.5. The molecular weight excluding hydrogens is 336 g/mol. The summed E-state index contributed by atoms with van der Waals surface area (Å²) >= 11 is 0. The van der Waals surface area contributed by atoms with Crippen LogP contribution >= 0.6 is 0 Å². The molecule has 0 radical (unpaired) electrons. The maximum atomic E-state index is 12.5. The molecule has 1 aliphatic carbocycles. The summed E-state index contributed by atoms with van der Waals surface area (Å²) in [5, 5.41) is 9.76. The van der Waals surface area contributed by atoms with Gasteiger partial charge in [-0.05, 0) is 57.9 Å². The van der Waals surface area contributed by atoms with Crippen molar-refractivity contribution in [3.05, 3.63) is 33.2 Å². The van der Waals surface area contributed by atoms with Gasteiger partial charge in [0, 0.05) is 17.2 Å². The third kappa shape index (κ3) is 2.83. The zero-order chi connectivity index (χ0) is 18.5. The van der Waals surface area contributed by atoms with E-state index < -0.39 is 12.6 Å². The van der Waals surface area contributed by atoms with Crippen LogP contribution in [-0.4, -0.2) is 23.3 Å². The minimum Gasteiger partial charge on any atom is -0.487 e. The number of rotatable bonds is 3. The number of benzene rings is 1. The molecule has 0 bridgehead atoms. The van der Waals surface area contributed by atoms with Crippen LogP contribution in [0.15, 0.2) is 15.3 Å². The number of hydrogen-bond donors (Lipinski definition) is 1. The average Bonchev–Trinajstić information content (AvgIpc) is 2.58. The second kappa shape index (κ2) is 6.04. The van der Waals surface area contributed by atoms with Crippen LogP contribution in [0.2, 0.25) is 0 Å². The van der Waals surface area contributed by atoms with Crippen molar-refractivity contribution < 1.29 is 23.8 Å². The van der Waals surface area contributed by atoms with Crippen LogP contribution in [0.5, 0.6) is 11.5 Å². The van der Waals surface area contributed by atoms with Crippen LogP contribution in [-0.2, 0) is 24.1 Å². The van der Waals surface area contributed by atoms with Gasteiger partial charge in [0.1, 0.15) is 22.7 Å². The molecule has 0 fully saturated rings. The fraction of sp³-hybridized carbons (Fsp3) is 0.500. The first kappa shape index (κ1) is 16.9. The van der Waals surface area contributed by atoms with E-state index in [-0.39, 0.29) is 11.2 Å². The van der Waals surface area contributed by atoms with Crippen LogP contribution in [0.25, 0.3) is 11.0 Å². The number of aryl methyl sites for hydroxylation is 2. The van der Waals surface area contributed by atoms with Crippen molar-refractivity contribution in [1.29, 1.82) is 0 Å². The van der Waals surface area contributed by atoms with Gasteiger partial charge in [0.2, 0.25) is 0 Å². The molecule has 0 spiro atoms. The molecule has 6 nitrogen and oxygen atoms in total. The number of carbonyl (C=O) groups is 1. The summed E-state index contributed by atoms with van der Waals surface area (Å²) in [6.45, 7) is 3.55. The number of fused-ring (bicyclic) bond motifs is 5. The van der Waals surface area contributed by atoms with E-state index in [9.17, 15) is 9.59 Å². The molecular formula is C20H22O6. The van der Waals surface area contributed by atoms with E-state index in [4.69, 9.17) is 19.0 Å². The Bertz CT molecular complexity index is 953. The van der Waals surface area contributed by atoms with Gasteiger partial charge >= 0.3 is 11.6 Å². The Morgan fingerprint density at radius 2 is 1.92 bits per heavy atom. The van der Waals surface area contributed by atoms with Gasteiger partial charge in [0.05, 0.1) is 5.39 Å². The second-order valence-corrected chi connectivity index (χ2v) is 7.65. The summed E-state index contributed by atoms with van der Waals surface area (Å²) in [7, 11) is 0. The molecule has 0 saturated carbocycles. The highest BCUT2D eigenvalue weighted by Gasteiger charge is 2.32. The van der Waals surface area contributed by atoms with E-state index in [0.717, 1.165) is 48.6 Å². The van der Waals surface area contributed by atoms with Gasteiger partial charge < -0.3 is 19.0 Å². The lowest BCUT2D eigenvalue weighted by molar-refractivity contribution is -0.139. The molecule has 0 atom stereocenters. The predicted molar refractivity (Wildman–Crippen MR) is 95.3 cm³/mol. The number of carboxylic acids is 1. The van der Waals surface area contributed by atoms with Crippen molar-refractivity contribution in [3.63, 3.8) is 0 Å². The molecule has 1 aromatic carbocycles. The molecule has 0 unspecified atom stereocenters. The number of carboxylic acid groups (broad SMARTS) is 1. The summed E-state index contributed by atoms with van der Waals surface area (Å²) in [6.07, 6.45) is 4.95. The molecule has 2 aromatic rings. The first-order valence-corrected chi connectivity index (χ1v) is 9.04. The third-order valence-corrected chi connectivity index (χ3v) is 5.23. The summed E-state index contributed by atoms with van der Waals surface area (Å²) in [6, 6.07) is 1.76. The zero-order valence-corrected chi connectivity index (χ0v) is 15.0.